The summed E-state index contributed by atoms with van der Waals surface area (Å²) in [6.45, 7) is 20.0. The van der Waals surface area contributed by atoms with Crippen LogP contribution in [0.15, 0.2) is 24.3 Å². The van der Waals surface area contributed by atoms with Crippen LogP contribution in [0.2, 0.25) is 0 Å². The van der Waals surface area contributed by atoms with Crippen LogP contribution in [-0.4, -0.2) is 132 Å². The zero-order chi connectivity index (χ0) is 39.7. The highest BCUT2D eigenvalue weighted by atomic mass is 16.6. The summed E-state index contributed by atoms with van der Waals surface area (Å²) < 4.78 is 28.5. The fourth-order valence-electron chi connectivity index (χ4n) is 5.46. The molecule has 0 aromatic heterocycles. The molecule has 1 aromatic carbocycles. The maximum atomic E-state index is 13.5. The number of nitrogen functional groups attached to an aromatic ring is 1. The summed E-state index contributed by atoms with van der Waals surface area (Å²) in [6, 6.07) is 6.46. The minimum absolute atomic E-state index is 0.0117. The fraction of sp³-hybridized carbons (Fsp3) is 0.703. The first-order valence-electron chi connectivity index (χ1n) is 17.5. The number of anilines is 2. The van der Waals surface area contributed by atoms with Crippen LogP contribution in [0.4, 0.5) is 16.2 Å². The first kappa shape index (κ1) is 44.2. The van der Waals surface area contributed by atoms with E-state index in [1.165, 1.54) is 0 Å². The van der Waals surface area contributed by atoms with E-state index in [1.54, 1.807) is 122 Å². The Kier molecular flexibility index (Phi) is 15.1. The third kappa shape index (κ3) is 17.5. The molecule has 2 rings (SSSR count). The zero-order valence-corrected chi connectivity index (χ0v) is 33.2. The van der Waals surface area contributed by atoms with E-state index < -0.39 is 71.0 Å². The summed E-state index contributed by atoms with van der Waals surface area (Å²) in [7, 11) is 0. The van der Waals surface area contributed by atoms with E-state index in [1.807, 2.05) is 0 Å². The van der Waals surface area contributed by atoms with Crippen LogP contribution in [-0.2, 0) is 42.9 Å². The van der Waals surface area contributed by atoms with Crippen molar-refractivity contribution >= 4 is 41.3 Å². The molecule has 52 heavy (non-hydrogen) atoms. The standard InChI is InChI=1S/C37H61N5O10/c1-33(2,3)49-28(43)19-40-17-18-41(20-29(44)50-34(4,5)6)24-37(23-40,25-48-32(47)39-27-15-13-26(38)14-16-27)42(21-30(45)51-35(7,8)9)22-31(46)52-36(10,11)12/h13-16H,17-25,38H2,1-12H3,(H,39,47). The van der Waals surface area contributed by atoms with Crippen molar-refractivity contribution in [3.8, 4) is 0 Å². The average Bonchev–Trinajstić information content (AvgIpc) is 3.08. The lowest BCUT2D eigenvalue weighted by Gasteiger charge is -2.45. The molecule has 15 heteroatoms. The van der Waals surface area contributed by atoms with Crippen LogP contribution in [0.3, 0.4) is 0 Å². The molecule has 0 unspecified atom stereocenters. The van der Waals surface area contributed by atoms with E-state index >= 15 is 0 Å². The smallest absolute Gasteiger partial charge is 0.411 e. The molecule has 1 aromatic rings. The van der Waals surface area contributed by atoms with Gasteiger partial charge < -0.3 is 29.4 Å². The molecule has 15 nitrogen and oxygen atoms in total. The number of nitrogens with two attached hydrogens (primary N) is 1. The van der Waals surface area contributed by atoms with Gasteiger partial charge in [0.1, 0.15) is 29.0 Å². The Labute approximate surface area is 308 Å². The number of ether oxygens (including phenoxy) is 5. The van der Waals surface area contributed by atoms with Crippen molar-refractivity contribution in [2.45, 2.75) is 111 Å². The van der Waals surface area contributed by atoms with E-state index in [4.69, 9.17) is 29.4 Å². The van der Waals surface area contributed by atoms with Crippen molar-refractivity contribution in [2.75, 3.05) is 70.0 Å². The second-order valence-corrected chi connectivity index (χ2v) is 17.2. The molecule has 1 aliphatic rings. The van der Waals surface area contributed by atoms with Crippen molar-refractivity contribution < 1.29 is 47.7 Å². The number of carbonyl (C=O) groups excluding carboxylic acids is 5. The Morgan fingerprint density at radius 1 is 0.654 bits per heavy atom. The molecule has 1 fully saturated rings. The molecule has 1 amide bonds. The molecule has 3 N–H and O–H groups in total. The van der Waals surface area contributed by atoms with Gasteiger partial charge in [-0.3, -0.25) is 39.2 Å². The zero-order valence-electron chi connectivity index (χ0n) is 33.2. The molecule has 0 saturated carbocycles. The van der Waals surface area contributed by atoms with Gasteiger partial charge in [0.2, 0.25) is 0 Å². The van der Waals surface area contributed by atoms with Gasteiger partial charge in [-0.15, -0.1) is 0 Å². The highest BCUT2D eigenvalue weighted by Crippen LogP contribution is 2.26. The van der Waals surface area contributed by atoms with E-state index in [-0.39, 0.29) is 45.9 Å². The number of carbonyl (C=O) groups is 5. The van der Waals surface area contributed by atoms with E-state index in [2.05, 4.69) is 5.32 Å². The summed E-state index contributed by atoms with van der Waals surface area (Å²) in [5.74, 6) is -2.31. The van der Waals surface area contributed by atoms with Crippen LogP contribution in [0, 0.1) is 0 Å². The second-order valence-electron chi connectivity index (χ2n) is 17.2. The first-order chi connectivity index (χ1) is 23.6. The van der Waals surface area contributed by atoms with Crippen molar-refractivity contribution in [3.63, 3.8) is 0 Å². The molecular formula is C37H61N5O10. The molecule has 0 aliphatic carbocycles. The van der Waals surface area contributed by atoms with Gasteiger partial charge in [-0.2, -0.15) is 0 Å². The molecule has 294 valence electrons. The number of rotatable bonds is 12. The molecule has 0 bridgehead atoms. The minimum atomic E-state index is -1.40. The molecule has 1 heterocycles. The Hall–Kier alpha value is -3.95. The Balaban J connectivity index is 2.69. The normalized spacial score (nSPS) is 16.0. The Morgan fingerprint density at radius 2 is 1.02 bits per heavy atom. The van der Waals surface area contributed by atoms with Crippen LogP contribution in [0.1, 0.15) is 83.1 Å². The fourth-order valence-corrected chi connectivity index (χ4v) is 5.46. The first-order valence-corrected chi connectivity index (χ1v) is 17.5. The van der Waals surface area contributed by atoms with Gasteiger partial charge in [0, 0.05) is 37.6 Å². The summed E-state index contributed by atoms with van der Waals surface area (Å²) in [6.07, 6.45) is -0.819. The lowest BCUT2D eigenvalue weighted by Crippen LogP contribution is -2.65. The van der Waals surface area contributed by atoms with Gasteiger partial charge in [0.15, 0.2) is 0 Å². The molecule has 1 saturated heterocycles. The predicted molar refractivity (Wildman–Crippen MR) is 196 cm³/mol. The number of nitrogens with zero attached hydrogens (tertiary/aromatic N) is 3. The predicted octanol–water partition coefficient (Wildman–Crippen LogP) is 3.84. The number of esters is 4. The third-order valence-electron chi connectivity index (χ3n) is 7.09. The highest BCUT2D eigenvalue weighted by Gasteiger charge is 2.46. The second kappa shape index (κ2) is 17.7. The lowest BCUT2D eigenvalue weighted by atomic mass is 9.95. The van der Waals surface area contributed by atoms with Gasteiger partial charge in [-0.05, 0) is 107 Å². The number of hydrogen-bond acceptors (Lipinski definition) is 14. The lowest BCUT2D eigenvalue weighted by molar-refractivity contribution is -0.167. The van der Waals surface area contributed by atoms with Crippen LogP contribution < -0.4 is 11.1 Å². The average molecular weight is 736 g/mol. The molecular weight excluding hydrogens is 674 g/mol. The third-order valence-corrected chi connectivity index (χ3v) is 7.09. The topological polar surface area (TPSA) is 179 Å². The summed E-state index contributed by atoms with van der Waals surface area (Å²) in [5, 5.41) is 2.67. The number of amides is 1. The van der Waals surface area contributed by atoms with Gasteiger partial charge in [0.25, 0.3) is 0 Å². The van der Waals surface area contributed by atoms with Crippen molar-refractivity contribution in [1.82, 2.24) is 14.7 Å². The van der Waals surface area contributed by atoms with Crippen molar-refractivity contribution in [3.05, 3.63) is 24.3 Å². The maximum absolute atomic E-state index is 13.5. The van der Waals surface area contributed by atoms with Crippen LogP contribution in [0.5, 0.6) is 0 Å². The quantitative estimate of drug-likeness (QED) is 0.180. The SMILES string of the molecule is CC(C)(C)OC(=O)CN1CCN(CC(=O)OC(C)(C)C)CC(COC(=O)Nc2ccc(N)cc2)(N(CC(=O)OC(C)(C)C)CC(=O)OC(C)(C)C)C1. The molecule has 0 spiro atoms. The monoisotopic (exact) mass is 735 g/mol. The largest absolute Gasteiger partial charge is 0.459 e. The number of nitrogens with one attached hydrogen (secondary N) is 1. The van der Waals surface area contributed by atoms with E-state index in [0.717, 1.165) is 0 Å². The van der Waals surface area contributed by atoms with Crippen LogP contribution >= 0.6 is 0 Å². The highest BCUT2D eigenvalue weighted by molar-refractivity contribution is 5.85. The number of benzene rings is 1. The molecule has 0 atom stereocenters. The maximum Gasteiger partial charge on any atom is 0.411 e. The van der Waals surface area contributed by atoms with Gasteiger partial charge in [-0.25, -0.2) is 4.79 Å². The van der Waals surface area contributed by atoms with Gasteiger partial charge >= 0.3 is 30.0 Å². The van der Waals surface area contributed by atoms with Crippen molar-refractivity contribution in [1.29, 1.82) is 0 Å². The Morgan fingerprint density at radius 3 is 1.38 bits per heavy atom. The van der Waals surface area contributed by atoms with Gasteiger partial charge in [0.05, 0.1) is 31.7 Å². The molecule has 1 aliphatic heterocycles. The van der Waals surface area contributed by atoms with E-state index in [0.29, 0.717) is 11.4 Å². The van der Waals surface area contributed by atoms with Crippen molar-refractivity contribution in [2.24, 2.45) is 0 Å². The molecule has 0 radical (unpaired) electrons. The summed E-state index contributed by atoms with van der Waals surface area (Å²) in [4.78, 5) is 71.8. The summed E-state index contributed by atoms with van der Waals surface area (Å²) in [5.41, 5.74) is 2.10. The van der Waals surface area contributed by atoms with E-state index in [9.17, 15) is 24.0 Å². The van der Waals surface area contributed by atoms with Crippen LogP contribution in [0.25, 0.3) is 0 Å². The number of hydrogen-bond donors (Lipinski definition) is 2. The van der Waals surface area contributed by atoms with Gasteiger partial charge in [-0.1, -0.05) is 0 Å². The Bertz CT molecular complexity index is 1320. The minimum Gasteiger partial charge on any atom is -0.459 e. The summed E-state index contributed by atoms with van der Waals surface area (Å²) >= 11 is 0.